The predicted molar refractivity (Wildman–Crippen MR) is 122 cm³/mol. The van der Waals surface area contributed by atoms with E-state index in [0.717, 1.165) is 0 Å². The summed E-state index contributed by atoms with van der Waals surface area (Å²) in [5.41, 5.74) is 0. The van der Waals surface area contributed by atoms with Gasteiger partial charge in [-0.15, -0.1) is 0 Å². The van der Waals surface area contributed by atoms with Gasteiger partial charge in [0.2, 0.25) is 0 Å². The van der Waals surface area contributed by atoms with Crippen LogP contribution >= 0.6 is 0 Å². The largest absolute Gasteiger partial charge is 0.107 e. The zero-order chi connectivity index (χ0) is 18.4. The van der Waals surface area contributed by atoms with Crippen molar-refractivity contribution in [2.24, 2.45) is 0 Å². The highest BCUT2D eigenvalue weighted by Crippen LogP contribution is 2.14. The average molecular weight is 372 g/mol. The van der Waals surface area contributed by atoms with Crippen LogP contribution in [0.15, 0.2) is 0 Å². The fourth-order valence-corrected chi connectivity index (χ4v) is 4.43. The van der Waals surface area contributed by atoms with Crippen LogP contribution in [-0.2, 0) is 10.9 Å². The second-order valence-electron chi connectivity index (χ2n) is 8.41. The van der Waals surface area contributed by atoms with E-state index in [1.165, 1.54) is 134 Å². The first kappa shape index (κ1) is 25.4. The molecule has 1 heteroatoms. The highest BCUT2D eigenvalue weighted by atomic mass is 32.2. The molecular formula is C24H51S+. The minimum absolute atomic E-state index is 0.665. The third-order valence-electron chi connectivity index (χ3n) is 5.41. The molecule has 25 heavy (non-hydrogen) atoms. The minimum atomic E-state index is 0.665. The summed E-state index contributed by atoms with van der Waals surface area (Å²) in [4.78, 5) is 0. The van der Waals surface area contributed by atoms with Crippen LogP contribution in [0.25, 0.3) is 0 Å². The van der Waals surface area contributed by atoms with E-state index in [1.807, 2.05) is 0 Å². The van der Waals surface area contributed by atoms with Gasteiger partial charge < -0.3 is 0 Å². The number of hydrogen-bond acceptors (Lipinski definition) is 0. The summed E-state index contributed by atoms with van der Waals surface area (Å²) in [5, 5.41) is 0. The zero-order valence-corrected chi connectivity index (χ0v) is 19.1. The van der Waals surface area contributed by atoms with Crippen LogP contribution in [0, 0.1) is 0 Å². The Kier molecular flexibility index (Phi) is 22.7. The van der Waals surface area contributed by atoms with Crippen molar-refractivity contribution < 1.29 is 0 Å². The first-order valence-electron chi connectivity index (χ1n) is 11.8. The molecule has 0 fully saturated rings. The van der Waals surface area contributed by atoms with E-state index in [2.05, 4.69) is 19.4 Å². The fraction of sp³-hybridized carbons (Fsp3) is 1.00. The molecule has 0 aromatic rings. The van der Waals surface area contributed by atoms with E-state index in [9.17, 15) is 0 Å². The van der Waals surface area contributed by atoms with Gasteiger partial charge in [-0.1, -0.05) is 122 Å². The van der Waals surface area contributed by atoms with Crippen LogP contribution in [0.1, 0.15) is 135 Å². The lowest BCUT2D eigenvalue weighted by Crippen LogP contribution is -2.00. The van der Waals surface area contributed by atoms with Gasteiger partial charge in [-0.2, -0.15) is 0 Å². The van der Waals surface area contributed by atoms with Gasteiger partial charge in [0, 0.05) is 0 Å². The van der Waals surface area contributed by atoms with Crippen LogP contribution in [0.5, 0.6) is 0 Å². The van der Waals surface area contributed by atoms with Crippen molar-refractivity contribution in [3.63, 3.8) is 0 Å². The lowest BCUT2D eigenvalue weighted by molar-refractivity contribution is 0.523. The van der Waals surface area contributed by atoms with Crippen molar-refractivity contribution in [3.05, 3.63) is 0 Å². The van der Waals surface area contributed by atoms with Crippen LogP contribution in [0.2, 0.25) is 0 Å². The molecule has 0 spiro atoms. The number of rotatable bonds is 21. The number of hydrogen-bond donors (Lipinski definition) is 0. The topological polar surface area (TPSA) is 0 Å². The first-order valence-corrected chi connectivity index (χ1v) is 14.0. The van der Waals surface area contributed by atoms with E-state index in [1.54, 1.807) is 0 Å². The smallest absolute Gasteiger partial charge is 0.0654 e. The monoisotopic (exact) mass is 371 g/mol. The summed E-state index contributed by atoms with van der Waals surface area (Å²) in [6, 6.07) is 0. The van der Waals surface area contributed by atoms with Crippen LogP contribution < -0.4 is 0 Å². The van der Waals surface area contributed by atoms with Crippen molar-refractivity contribution in [2.75, 3.05) is 18.3 Å². The van der Waals surface area contributed by atoms with Gasteiger partial charge in [0.1, 0.15) is 5.75 Å². The Morgan fingerprint density at radius 1 is 0.360 bits per heavy atom. The standard InChI is InChI=1S/C24H51S/c1-4-5-6-7-8-9-10-11-12-13-14-15-16-17-18-19-20-21-22-23-24-25(2)3/h4-24H2,1-3H3/q+1. The Morgan fingerprint density at radius 2 is 0.600 bits per heavy atom. The summed E-state index contributed by atoms with van der Waals surface area (Å²) in [6.07, 6.45) is 34.3. The second kappa shape index (κ2) is 22.4. The Bertz CT molecular complexity index is 224. The van der Waals surface area contributed by atoms with Gasteiger partial charge in [0.05, 0.1) is 12.5 Å². The molecule has 0 rings (SSSR count). The lowest BCUT2D eigenvalue weighted by atomic mass is 10.0. The fourth-order valence-electron chi connectivity index (χ4n) is 3.65. The van der Waals surface area contributed by atoms with Gasteiger partial charge in [-0.05, 0) is 23.7 Å². The van der Waals surface area contributed by atoms with Crippen molar-refractivity contribution >= 4 is 10.9 Å². The predicted octanol–water partition coefficient (Wildman–Crippen LogP) is 8.69. The van der Waals surface area contributed by atoms with E-state index >= 15 is 0 Å². The summed E-state index contributed by atoms with van der Waals surface area (Å²) < 4.78 is 0. The quantitative estimate of drug-likeness (QED) is 0.140. The van der Waals surface area contributed by atoms with Crippen LogP contribution in [-0.4, -0.2) is 18.3 Å². The molecular weight excluding hydrogens is 320 g/mol. The molecule has 0 unspecified atom stereocenters. The van der Waals surface area contributed by atoms with Crippen molar-refractivity contribution in [1.82, 2.24) is 0 Å². The first-order chi connectivity index (χ1) is 12.3. The Hall–Kier alpha value is 0.350. The van der Waals surface area contributed by atoms with Crippen molar-refractivity contribution in [1.29, 1.82) is 0 Å². The summed E-state index contributed by atoms with van der Waals surface area (Å²) in [7, 11) is 0.665. The molecule has 0 radical (unpaired) electrons. The van der Waals surface area contributed by atoms with E-state index < -0.39 is 0 Å². The molecule has 0 N–H and O–H groups in total. The van der Waals surface area contributed by atoms with Gasteiger partial charge in [0.25, 0.3) is 0 Å². The average Bonchev–Trinajstić information content (AvgIpc) is 2.60. The number of unbranched alkanes of at least 4 members (excludes halogenated alkanes) is 19. The highest BCUT2D eigenvalue weighted by Gasteiger charge is 2.00. The molecule has 0 atom stereocenters. The lowest BCUT2D eigenvalue weighted by Gasteiger charge is -2.04. The third kappa shape index (κ3) is 24.4. The van der Waals surface area contributed by atoms with Gasteiger partial charge in [-0.25, -0.2) is 0 Å². The van der Waals surface area contributed by atoms with Gasteiger partial charge >= 0.3 is 0 Å². The maximum absolute atomic E-state index is 2.37. The maximum Gasteiger partial charge on any atom is 0.107 e. The molecule has 0 aliphatic rings. The molecule has 0 nitrogen and oxygen atoms in total. The van der Waals surface area contributed by atoms with Gasteiger partial charge in [0.15, 0.2) is 0 Å². The molecule has 0 aliphatic carbocycles. The molecule has 0 amide bonds. The molecule has 0 aromatic carbocycles. The molecule has 0 saturated heterocycles. The normalized spacial score (nSPS) is 11.5. The molecule has 0 bridgehead atoms. The third-order valence-corrected chi connectivity index (χ3v) is 6.51. The molecule has 152 valence electrons. The molecule has 0 heterocycles. The SMILES string of the molecule is CCCCCCCCCCCCCCCCCCCCCC[S+](C)C. The van der Waals surface area contributed by atoms with Crippen molar-refractivity contribution in [3.8, 4) is 0 Å². The maximum atomic E-state index is 2.37. The summed E-state index contributed by atoms with van der Waals surface area (Å²) >= 11 is 0. The second-order valence-corrected chi connectivity index (χ2v) is 10.8. The van der Waals surface area contributed by atoms with E-state index in [4.69, 9.17) is 0 Å². The summed E-state index contributed by atoms with van der Waals surface area (Å²) in [5.74, 6) is 1.46. The van der Waals surface area contributed by atoms with E-state index in [-0.39, 0.29) is 0 Å². The molecule has 0 aliphatic heterocycles. The van der Waals surface area contributed by atoms with E-state index in [0.29, 0.717) is 10.9 Å². The van der Waals surface area contributed by atoms with Gasteiger partial charge in [-0.3, -0.25) is 0 Å². The Morgan fingerprint density at radius 3 is 0.840 bits per heavy atom. The zero-order valence-electron chi connectivity index (χ0n) is 18.3. The highest BCUT2D eigenvalue weighted by molar-refractivity contribution is 7.95. The Labute approximate surface area is 164 Å². The summed E-state index contributed by atoms with van der Waals surface area (Å²) in [6.45, 7) is 2.30. The Balaban J connectivity index is 2.96. The van der Waals surface area contributed by atoms with Crippen LogP contribution in [0.4, 0.5) is 0 Å². The molecule has 0 saturated carbocycles. The molecule has 0 aromatic heterocycles. The van der Waals surface area contributed by atoms with Crippen LogP contribution in [0.3, 0.4) is 0 Å². The van der Waals surface area contributed by atoms with Crippen molar-refractivity contribution in [2.45, 2.75) is 135 Å². The minimum Gasteiger partial charge on any atom is -0.0654 e.